The van der Waals surface area contributed by atoms with E-state index in [0.717, 1.165) is 5.56 Å². The van der Waals surface area contributed by atoms with Crippen LogP contribution in [0.15, 0.2) is 35.3 Å². The molecule has 0 aromatic heterocycles. The highest BCUT2D eigenvalue weighted by molar-refractivity contribution is 8.38. The van der Waals surface area contributed by atoms with Crippen molar-refractivity contribution >= 4 is 39.8 Å². The van der Waals surface area contributed by atoms with Crippen molar-refractivity contribution in [2.45, 2.75) is 31.5 Å². The van der Waals surface area contributed by atoms with Crippen molar-refractivity contribution in [3.05, 3.63) is 35.9 Å². The van der Waals surface area contributed by atoms with Gasteiger partial charge in [0.2, 0.25) is 0 Å². The molecule has 3 amide bonds. The number of carbonyl (C=O) groups is 2. The Kier molecular flexibility index (Phi) is 7.12. The molecule has 1 aliphatic rings. The highest BCUT2D eigenvalue weighted by Crippen LogP contribution is 2.35. The highest BCUT2D eigenvalue weighted by atomic mass is 32.2. The molecule has 0 spiro atoms. The summed E-state index contributed by atoms with van der Waals surface area (Å²) < 4.78 is 0.711. The lowest BCUT2D eigenvalue weighted by Crippen LogP contribution is -2.42. The molecule has 26 heavy (non-hydrogen) atoms. The smallest absolute Gasteiger partial charge is 0.322 e. The second kappa shape index (κ2) is 9.10. The normalized spacial score (nSPS) is 20.7. The summed E-state index contributed by atoms with van der Waals surface area (Å²) in [5, 5.41) is 9.14. The Morgan fingerprint density at radius 1 is 1.31 bits per heavy atom. The molecule has 1 aromatic carbocycles. The zero-order valence-corrected chi connectivity index (χ0v) is 16.9. The first-order valence-electron chi connectivity index (χ1n) is 8.13. The van der Waals surface area contributed by atoms with Crippen LogP contribution in [0.3, 0.4) is 0 Å². The van der Waals surface area contributed by atoms with E-state index in [4.69, 9.17) is 5.26 Å². The number of hydrogen-bond donors (Lipinski definition) is 0. The lowest BCUT2D eigenvalue weighted by atomic mass is 9.99. The molecule has 1 aliphatic heterocycles. The van der Waals surface area contributed by atoms with E-state index in [9.17, 15) is 9.59 Å². The first-order chi connectivity index (χ1) is 12.5. The minimum absolute atomic E-state index is 0.0627. The molecule has 1 fully saturated rings. The largest absolute Gasteiger partial charge is 0.327 e. The molecule has 0 saturated carbocycles. The standard InChI is InChI=1S/C18H22N4O2S2/c1-12-15(13-8-6-5-7-9-13)22(18(24)21(12)2)16(23)14(10-11-19)20-17(25-3)26-4/h5-9,12,14-15H,10H2,1-4H3/t12-,14-,15-/m0/s1. The molecule has 0 bridgehead atoms. The van der Waals surface area contributed by atoms with Gasteiger partial charge in [0.05, 0.1) is 24.6 Å². The van der Waals surface area contributed by atoms with Gasteiger partial charge in [-0.05, 0) is 25.0 Å². The first kappa shape index (κ1) is 20.3. The van der Waals surface area contributed by atoms with E-state index in [0.29, 0.717) is 4.38 Å². The number of amides is 3. The summed E-state index contributed by atoms with van der Waals surface area (Å²) in [6, 6.07) is 9.70. The van der Waals surface area contributed by atoms with E-state index < -0.39 is 18.0 Å². The summed E-state index contributed by atoms with van der Waals surface area (Å²) in [7, 11) is 1.69. The van der Waals surface area contributed by atoms with Gasteiger partial charge in [0.15, 0.2) is 0 Å². The average molecular weight is 391 g/mol. The molecule has 1 aromatic rings. The molecule has 1 saturated heterocycles. The van der Waals surface area contributed by atoms with Gasteiger partial charge in [0.1, 0.15) is 10.4 Å². The van der Waals surface area contributed by atoms with Crippen LogP contribution in [0.5, 0.6) is 0 Å². The third-order valence-corrected chi connectivity index (χ3v) is 6.32. The minimum Gasteiger partial charge on any atom is -0.322 e. The van der Waals surface area contributed by atoms with Crippen LogP contribution in [0.25, 0.3) is 0 Å². The number of nitriles is 1. The van der Waals surface area contributed by atoms with E-state index in [1.54, 1.807) is 11.9 Å². The van der Waals surface area contributed by atoms with Gasteiger partial charge in [-0.3, -0.25) is 14.7 Å². The predicted molar refractivity (Wildman–Crippen MR) is 107 cm³/mol. The average Bonchev–Trinajstić information content (AvgIpc) is 2.89. The van der Waals surface area contributed by atoms with Gasteiger partial charge in [-0.2, -0.15) is 5.26 Å². The van der Waals surface area contributed by atoms with Crippen molar-refractivity contribution in [2.24, 2.45) is 4.99 Å². The predicted octanol–water partition coefficient (Wildman–Crippen LogP) is 3.37. The Morgan fingerprint density at radius 2 is 1.92 bits per heavy atom. The van der Waals surface area contributed by atoms with Crippen LogP contribution in [0.4, 0.5) is 4.79 Å². The summed E-state index contributed by atoms with van der Waals surface area (Å²) in [6.07, 6.45) is 3.67. The van der Waals surface area contributed by atoms with Crippen LogP contribution < -0.4 is 0 Å². The third-order valence-electron chi connectivity index (χ3n) is 4.41. The highest BCUT2D eigenvalue weighted by Gasteiger charge is 2.47. The van der Waals surface area contributed by atoms with Crippen molar-refractivity contribution in [2.75, 3.05) is 19.6 Å². The number of aliphatic imine (C=N–C) groups is 1. The molecule has 138 valence electrons. The van der Waals surface area contributed by atoms with Crippen LogP contribution in [-0.4, -0.2) is 57.8 Å². The zero-order valence-electron chi connectivity index (χ0n) is 15.2. The van der Waals surface area contributed by atoms with E-state index >= 15 is 0 Å². The lowest BCUT2D eigenvalue weighted by molar-refractivity contribution is -0.130. The number of hydrogen-bond acceptors (Lipinski definition) is 6. The van der Waals surface area contributed by atoms with Crippen molar-refractivity contribution in [3.63, 3.8) is 0 Å². The second-order valence-corrected chi connectivity index (χ2v) is 7.73. The summed E-state index contributed by atoms with van der Waals surface area (Å²) in [5.41, 5.74) is 0.890. The van der Waals surface area contributed by atoms with Crippen LogP contribution in [0.1, 0.15) is 24.9 Å². The SMILES string of the molecule is CSC(=N[C@@H](CC#N)C(=O)N1C(=O)N(C)[C@@H](C)[C@H]1c1ccccc1)SC. The summed E-state index contributed by atoms with van der Waals surface area (Å²) in [4.78, 5) is 33.2. The fourth-order valence-electron chi connectivity index (χ4n) is 2.95. The molecule has 8 heteroatoms. The van der Waals surface area contributed by atoms with Gasteiger partial charge >= 0.3 is 6.03 Å². The maximum atomic E-state index is 13.2. The Bertz CT molecular complexity index is 726. The topological polar surface area (TPSA) is 76.8 Å². The van der Waals surface area contributed by atoms with Crippen LogP contribution in [-0.2, 0) is 4.79 Å². The maximum Gasteiger partial charge on any atom is 0.327 e. The van der Waals surface area contributed by atoms with Gasteiger partial charge in [0.25, 0.3) is 5.91 Å². The van der Waals surface area contributed by atoms with Gasteiger partial charge in [-0.1, -0.05) is 30.3 Å². The number of rotatable bonds is 4. The van der Waals surface area contributed by atoms with Crippen molar-refractivity contribution < 1.29 is 9.59 Å². The number of urea groups is 1. The van der Waals surface area contributed by atoms with Crippen molar-refractivity contribution in [1.29, 1.82) is 5.26 Å². The molecule has 2 rings (SSSR count). The fraction of sp³-hybridized carbons (Fsp3) is 0.444. The van der Waals surface area contributed by atoms with E-state index in [1.165, 1.54) is 28.4 Å². The molecule has 0 unspecified atom stereocenters. The van der Waals surface area contributed by atoms with E-state index in [-0.39, 0.29) is 18.5 Å². The quantitative estimate of drug-likeness (QED) is 0.582. The number of carbonyl (C=O) groups excluding carboxylic acids is 2. The van der Waals surface area contributed by atoms with Crippen molar-refractivity contribution in [1.82, 2.24) is 9.80 Å². The van der Waals surface area contributed by atoms with Crippen LogP contribution >= 0.6 is 23.5 Å². The van der Waals surface area contributed by atoms with Crippen molar-refractivity contribution in [3.8, 4) is 6.07 Å². The molecule has 0 radical (unpaired) electrons. The Hall–Kier alpha value is -1.98. The number of thioether (sulfide) groups is 2. The Labute approximate surface area is 162 Å². The molecule has 3 atom stereocenters. The summed E-state index contributed by atoms with van der Waals surface area (Å²) >= 11 is 2.84. The number of benzene rings is 1. The molecule has 6 nitrogen and oxygen atoms in total. The molecular formula is C18H22N4O2S2. The van der Waals surface area contributed by atoms with Crippen LogP contribution in [0, 0.1) is 11.3 Å². The van der Waals surface area contributed by atoms with Gasteiger partial charge in [-0.15, -0.1) is 23.5 Å². The number of likely N-dealkylation sites (N-methyl/N-ethyl adjacent to an activating group) is 1. The molecule has 1 heterocycles. The van der Waals surface area contributed by atoms with E-state index in [2.05, 4.69) is 4.99 Å². The number of imide groups is 1. The third kappa shape index (κ3) is 4.05. The first-order valence-corrected chi connectivity index (χ1v) is 10.6. The monoisotopic (exact) mass is 390 g/mol. The lowest BCUT2D eigenvalue weighted by Gasteiger charge is -2.26. The van der Waals surface area contributed by atoms with Crippen LogP contribution in [0.2, 0.25) is 0 Å². The second-order valence-electron chi connectivity index (χ2n) is 5.88. The summed E-state index contributed by atoms with van der Waals surface area (Å²) in [5.74, 6) is -0.429. The zero-order chi connectivity index (χ0) is 19.3. The molecular weight excluding hydrogens is 368 g/mol. The van der Waals surface area contributed by atoms with E-state index in [1.807, 2.05) is 55.8 Å². The Morgan fingerprint density at radius 3 is 2.46 bits per heavy atom. The van der Waals surface area contributed by atoms with Gasteiger partial charge in [-0.25, -0.2) is 4.79 Å². The van der Waals surface area contributed by atoms with Gasteiger partial charge in [0, 0.05) is 7.05 Å². The molecule has 0 N–H and O–H groups in total. The van der Waals surface area contributed by atoms with Gasteiger partial charge < -0.3 is 4.90 Å². The molecule has 0 aliphatic carbocycles. The minimum atomic E-state index is -0.885. The number of nitrogens with zero attached hydrogens (tertiary/aromatic N) is 4. The summed E-state index contributed by atoms with van der Waals surface area (Å²) in [6.45, 7) is 1.92. The Balaban J connectivity index is 2.43. The fourth-order valence-corrected chi connectivity index (χ4v) is 4.08. The maximum absolute atomic E-state index is 13.2.